The Labute approximate surface area is 198 Å². The fraction of sp³-hybridized carbons (Fsp3) is 0.611. The zero-order valence-electron chi connectivity index (χ0n) is 17.4. The quantitative estimate of drug-likeness (QED) is 0.255. The topological polar surface area (TPSA) is 163 Å². The first kappa shape index (κ1) is 23.0. The third-order valence-electron chi connectivity index (χ3n) is 5.73. The van der Waals surface area contributed by atoms with Gasteiger partial charge >= 0.3 is 5.97 Å². The maximum Gasteiger partial charge on any atom is 0.352 e. The molecule has 0 bridgehead atoms. The van der Waals surface area contributed by atoms with Crippen LogP contribution in [0.2, 0.25) is 0 Å². The summed E-state index contributed by atoms with van der Waals surface area (Å²) in [5, 5.41) is 33.8. The summed E-state index contributed by atoms with van der Waals surface area (Å²) < 4.78 is 1.62. The summed E-state index contributed by atoms with van der Waals surface area (Å²) in [5.74, 6) is -0.800. The number of carbonyl (C=O) groups is 2. The molecule has 14 heteroatoms. The first-order chi connectivity index (χ1) is 15.2. The van der Waals surface area contributed by atoms with Crippen molar-refractivity contribution in [3.05, 3.63) is 11.3 Å². The van der Waals surface area contributed by atoms with Crippen molar-refractivity contribution in [2.24, 2.45) is 17.6 Å². The zero-order valence-corrected chi connectivity index (χ0v) is 19.8. The lowest BCUT2D eigenvalue weighted by molar-refractivity contribution is -0.148. The molecule has 1 aromatic heterocycles. The first-order valence-corrected chi connectivity index (χ1v) is 12.4. The van der Waals surface area contributed by atoms with Gasteiger partial charge in [0.1, 0.15) is 17.1 Å². The summed E-state index contributed by atoms with van der Waals surface area (Å²) in [6.45, 7) is 4.15. The predicted octanol–water partition coefficient (Wildman–Crippen LogP) is 0.158. The number of carbonyl (C=O) groups excluding carboxylic acids is 1. The number of nitrogens with one attached hydrogen (secondary N) is 1. The largest absolute Gasteiger partial charge is 0.477 e. The number of nitrogens with two attached hydrogens (primary N) is 1. The van der Waals surface area contributed by atoms with Gasteiger partial charge in [0.2, 0.25) is 5.16 Å². The Morgan fingerprint density at radius 3 is 2.91 bits per heavy atom. The number of thiocarbonyl (C=S) groups is 1. The molecule has 3 aliphatic rings. The molecule has 1 saturated heterocycles. The number of aliphatic carboxylic acids is 1. The molecule has 2 aliphatic heterocycles. The van der Waals surface area contributed by atoms with Gasteiger partial charge in [-0.05, 0) is 36.3 Å². The lowest BCUT2D eigenvalue weighted by Gasteiger charge is -2.49. The van der Waals surface area contributed by atoms with E-state index in [0.717, 1.165) is 0 Å². The molecule has 1 amide bonds. The molecule has 0 radical (unpaired) electrons. The predicted molar refractivity (Wildman–Crippen MR) is 121 cm³/mol. The van der Waals surface area contributed by atoms with E-state index in [4.69, 9.17) is 23.2 Å². The number of amides is 1. The zero-order chi connectivity index (χ0) is 23.2. The van der Waals surface area contributed by atoms with Crippen LogP contribution < -0.4 is 11.1 Å². The van der Waals surface area contributed by atoms with Crippen LogP contribution in [-0.2, 0) is 15.1 Å². The molecule has 4 N–H and O–H groups in total. The van der Waals surface area contributed by atoms with Crippen molar-refractivity contribution >= 4 is 52.6 Å². The van der Waals surface area contributed by atoms with Crippen LogP contribution in [0.15, 0.2) is 16.4 Å². The molecule has 1 aromatic rings. The molecular weight excluding hydrogens is 472 g/mol. The maximum absolute atomic E-state index is 12.8. The van der Waals surface area contributed by atoms with Crippen molar-refractivity contribution in [3.8, 4) is 6.07 Å². The SMILES string of the molecule is CC(C)(CN)n1nnnc1SCC1=C(C(=O)O)N2C(=O)C(NC(=S)[C@H]3C[C@H]3C#N)[C@@H]2SC1. The van der Waals surface area contributed by atoms with E-state index >= 15 is 0 Å². The molecule has 1 saturated carbocycles. The van der Waals surface area contributed by atoms with Gasteiger partial charge in [-0.1, -0.05) is 24.0 Å². The third-order valence-corrected chi connectivity index (χ3v) is 8.50. The number of tetrazole rings is 1. The lowest BCUT2D eigenvalue weighted by Crippen LogP contribution is -2.70. The lowest BCUT2D eigenvalue weighted by atomic mass is 10.0. The van der Waals surface area contributed by atoms with Gasteiger partial charge in [0.25, 0.3) is 5.91 Å². The number of rotatable bonds is 8. The Hall–Kier alpha value is -2.21. The van der Waals surface area contributed by atoms with Gasteiger partial charge in [0, 0.05) is 24.0 Å². The van der Waals surface area contributed by atoms with Gasteiger partial charge in [-0.2, -0.15) is 5.26 Å². The number of carboxylic acids is 1. The highest BCUT2D eigenvalue weighted by Gasteiger charge is 2.55. The molecule has 170 valence electrons. The Morgan fingerprint density at radius 1 is 1.53 bits per heavy atom. The van der Waals surface area contributed by atoms with E-state index < -0.39 is 17.6 Å². The second kappa shape index (κ2) is 8.62. The van der Waals surface area contributed by atoms with E-state index in [1.54, 1.807) is 4.68 Å². The third kappa shape index (κ3) is 3.98. The Balaban J connectivity index is 1.47. The molecule has 3 heterocycles. The van der Waals surface area contributed by atoms with Crippen molar-refractivity contribution in [1.82, 2.24) is 30.4 Å². The summed E-state index contributed by atoms with van der Waals surface area (Å²) >= 11 is 8.15. The fourth-order valence-electron chi connectivity index (χ4n) is 3.57. The standard InChI is InChI=1S/C18H22N8O3S3/c1-18(2,7-20)26-17(22-23-24-26)32-6-9-5-31-15-11(14(27)25(15)12(9)16(28)29)21-13(30)10-3-8(10)4-19/h8,10-11,15H,3,5-7,20H2,1-2H3,(H,21,30)(H,28,29)/t8-,10-,11?,15-/m0/s1. The summed E-state index contributed by atoms with van der Waals surface area (Å²) in [7, 11) is 0. The number of nitrogens with zero attached hydrogens (tertiary/aromatic N) is 6. The van der Waals surface area contributed by atoms with Crippen LogP contribution in [-0.4, -0.2) is 76.5 Å². The van der Waals surface area contributed by atoms with E-state index in [1.165, 1.54) is 28.4 Å². The summed E-state index contributed by atoms with van der Waals surface area (Å²) in [5.41, 5.74) is 5.97. The van der Waals surface area contributed by atoms with Gasteiger partial charge in [-0.15, -0.1) is 16.9 Å². The average molecular weight is 495 g/mol. The van der Waals surface area contributed by atoms with Crippen LogP contribution in [0.4, 0.5) is 0 Å². The Kier molecular flexibility index (Phi) is 6.19. The molecule has 2 fully saturated rings. The highest BCUT2D eigenvalue weighted by molar-refractivity contribution is 8.01. The minimum atomic E-state index is -1.14. The van der Waals surface area contributed by atoms with Crippen molar-refractivity contribution in [2.45, 2.75) is 42.4 Å². The van der Waals surface area contributed by atoms with Crippen molar-refractivity contribution in [1.29, 1.82) is 5.26 Å². The highest BCUT2D eigenvalue weighted by atomic mass is 32.2. The minimum absolute atomic E-state index is 0.00801. The van der Waals surface area contributed by atoms with E-state index in [-0.39, 0.29) is 28.8 Å². The number of carboxylic acid groups (broad SMARTS) is 1. The number of fused-ring (bicyclic) bond motifs is 1. The minimum Gasteiger partial charge on any atom is -0.477 e. The molecule has 0 aromatic carbocycles. The average Bonchev–Trinajstić information content (AvgIpc) is 3.42. The molecule has 4 atom stereocenters. The molecule has 4 rings (SSSR count). The number of thioether (sulfide) groups is 2. The van der Waals surface area contributed by atoms with E-state index in [1.807, 2.05) is 13.8 Å². The molecular formula is C18H22N8O3S3. The number of β-lactam (4-membered cyclic amide) rings is 1. The van der Waals surface area contributed by atoms with Crippen LogP contribution >= 0.6 is 35.7 Å². The van der Waals surface area contributed by atoms with Crippen LogP contribution in [0.3, 0.4) is 0 Å². The van der Waals surface area contributed by atoms with Crippen LogP contribution in [0.1, 0.15) is 20.3 Å². The first-order valence-electron chi connectivity index (χ1n) is 9.91. The number of nitriles is 1. The summed E-state index contributed by atoms with van der Waals surface area (Å²) in [6.07, 6.45) is 0.701. The normalized spacial score (nSPS) is 26.8. The number of hydrogen-bond donors (Lipinski definition) is 3. The van der Waals surface area contributed by atoms with Crippen LogP contribution in [0.5, 0.6) is 0 Å². The summed E-state index contributed by atoms with van der Waals surface area (Å²) in [4.78, 5) is 26.7. The Morgan fingerprint density at radius 2 is 2.28 bits per heavy atom. The number of aromatic nitrogens is 4. The van der Waals surface area contributed by atoms with Gasteiger partial charge in [-0.3, -0.25) is 9.69 Å². The van der Waals surface area contributed by atoms with Crippen molar-refractivity contribution in [2.75, 3.05) is 18.1 Å². The fourth-order valence-corrected chi connectivity index (χ4v) is 6.47. The smallest absolute Gasteiger partial charge is 0.352 e. The van der Waals surface area contributed by atoms with E-state index in [2.05, 4.69) is 26.9 Å². The van der Waals surface area contributed by atoms with Crippen molar-refractivity contribution < 1.29 is 14.7 Å². The molecule has 11 nitrogen and oxygen atoms in total. The monoisotopic (exact) mass is 494 g/mol. The van der Waals surface area contributed by atoms with Gasteiger partial charge in [0.05, 0.1) is 22.5 Å². The molecule has 32 heavy (non-hydrogen) atoms. The van der Waals surface area contributed by atoms with Crippen LogP contribution in [0, 0.1) is 23.2 Å². The second-order valence-electron chi connectivity index (χ2n) is 8.41. The molecule has 1 unspecified atom stereocenters. The second-order valence-corrected chi connectivity index (χ2v) is 10.9. The summed E-state index contributed by atoms with van der Waals surface area (Å²) in [6, 6.07) is 1.60. The molecule has 0 spiro atoms. The maximum atomic E-state index is 12.8. The van der Waals surface area contributed by atoms with E-state index in [0.29, 0.717) is 40.2 Å². The van der Waals surface area contributed by atoms with Crippen LogP contribution in [0.25, 0.3) is 0 Å². The van der Waals surface area contributed by atoms with Crippen molar-refractivity contribution in [3.63, 3.8) is 0 Å². The number of hydrogen-bond acceptors (Lipinski definition) is 10. The van der Waals surface area contributed by atoms with Gasteiger partial charge < -0.3 is 16.2 Å². The Bertz CT molecular complexity index is 1050. The van der Waals surface area contributed by atoms with Gasteiger partial charge in [0.15, 0.2) is 0 Å². The van der Waals surface area contributed by atoms with Gasteiger partial charge in [-0.25, -0.2) is 9.48 Å². The molecule has 1 aliphatic carbocycles. The van der Waals surface area contributed by atoms with E-state index in [9.17, 15) is 14.7 Å². The highest BCUT2D eigenvalue weighted by Crippen LogP contribution is 2.43.